The Kier molecular flexibility index (Phi) is 4.58. The maximum Gasteiger partial charge on any atom is 0.167 e. The molecule has 0 saturated carbocycles. The third-order valence-corrected chi connectivity index (χ3v) is 2.52. The van der Waals surface area contributed by atoms with E-state index in [-0.39, 0.29) is 5.75 Å². The molecule has 0 amide bonds. The Morgan fingerprint density at radius 2 is 2.24 bits per heavy atom. The maximum absolute atomic E-state index is 13.4. The number of methoxy groups -OCH3 is 1. The first-order chi connectivity index (χ1) is 8.13. The van der Waals surface area contributed by atoms with Crippen molar-refractivity contribution in [3.63, 3.8) is 0 Å². The number of hydrogen-bond acceptors (Lipinski definition) is 4. The van der Waals surface area contributed by atoms with Crippen molar-refractivity contribution < 1.29 is 9.13 Å². The van der Waals surface area contributed by atoms with E-state index in [1.807, 2.05) is 11.8 Å². The fraction of sp³-hybridized carbons (Fsp3) is 0.417. The van der Waals surface area contributed by atoms with Gasteiger partial charge in [-0.25, -0.2) is 4.39 Å². The van der Waals surface area contributed by atoms with Gasteiger partial charge < -0.3 is 15.4 Å². The van der Waals surface area contributed by atoms with E-state index in [1.54, 1.807) is 6.07 Å². The predicted molar refractivity (Wildman–Crippen MR) is 65.5 cm³/mol. The van der Waals surface area contributed by atoms with E-state index < -0.39 is 5.82 Å². The first-order valence-corrected chi connectivity index (χ1v) is 5.39. The second-order valence-electron chi connectivity index (χ2n) is 3.53. The molecule has 0 radical (unpaired) electrons. The van der Waals surface area contributed by atoms with E-state index >= 15 is 0 Å². The van der Waals surface area contributed by atoms with Crippen molar-refractivity contribution in [3.8, 4) is 11.8 Å². The van der Waals surface area contributed by atoms with Crippen LogP contribution < -0.4 is 15.4 Å². The first-order valence-electron chi connectivity index (χ1n) is 5.39. The maximum atomic E-state index is 13.4. The summed E-state index contributed by atoms with van der Waals surface area (Å²) in [5.41, 5.74) is 6.82. The van der Waals surface area contributed by atoms with Crippen molar-refractivity contribution in [1.29, 1.82) is 5.26 Å². The minimum Gasteiger partial charge on any atom is -0.494 e. The van der Waals surface area contributed by atoms with Gasteiger partial charge in [-0.1, -0.05) is 0 Å². The van der Waals surface area contributed by atoms with Crippen molar-refractivity contribution >= 4 is 11.4 Å². The van der Waals surface area contributed by atoms with Gasteiger partial charge in [0.05, 0.1) is 31.0 Å². The van der Waals surface area contributed by atoms with Crippen LogP contribution in [0.1, 0.15) is 13.3 Å². The zero-order chi connectivity index (χ0) is 12.8. The highest BCUT2D eigenvalue weighted by Crippen LogP contribution is 2.30. The van der Waals surface area contributed by atoms with Crippen molar-refractivity contribution in [3.05, 3.63) is 17.9 Å². The highest BCUT2D eigenvalue weighted by molar-refractivity contribution is 5.70. The number of halogens is 1. The summed E-state index contributed by atoms with van der Waals surface area (Å²) in [6.07, 6.45) is 0.396. The monoisotopic (exact) mass is 237 g/mol. The molecule has 0 aliphatic heterocycles. The molecule has 1 aromatic rings. The van der Waals surface area contributed by atoms with E-state index in [0.717, 1.165) is 0 Å². The Labute approximate surface area is 100 Å². The summed E-state index contributed by atoms with van der Waals surface area (Å²) in [6.45, 7) is 3.21. The van der Waals surface area contributed by atoms with Gasteiger partial charge in [0.2, 0.25) is 0 Å². The Morgan fingerprint density at radius 3 is 2.76 bits per heavy atom. The molecule has 2 N–H and O–H groups in total. The van der Waals surface area contributed by atoms with Crippen LogP contribution in [0.3, 0.4) is 0 Å². The quantitative estimate of drug-likeness (QED) is 0.797. The van der Waals surface area contributed by atoms with Crippen LogP contribution in [0.5, 0.6) is 5.75 Å². The van der Waals surface area contributed by atoms with Gasteiger partial charge in [-0.3, -0.25) is 0 Å². The molecule has 92 valence electrons. The number of nitrogens with two attached hydrogens (primary N) is 1. The number of nitrogen functional groups attached to an aromatic ring is 1. The Morgan fingerprint density at radius 1 is 1.53 bits per heavy atom. The highest BCUT2D eigenvalue weighted by Gasteiger charge is 2.13. The van der Waals surface area contributed by atoms with E-state index in [0.29, 0.717) is 30.9 Å². The molecule has 4 nitrogen and oxygen atoms in total. The molecule has 0 saturated heterocycles. The number of nitrogens with zero attached hydrogens (tertiary/aromatic N) is 2. The van der Waals surface area contributed by atoms with Crippen LogP contribution in [-0.4, -0.2) is 20.2 Å². The SMILES string of the molecule is CCN(CCC#N)c1cc(OC)c(F)cc1N. The highest BCUT2D eigenvalue weighted by atomic mass is 19.1. The minimum atomic E-state index is -0.481. The predicted octanol–water partition coefficient (Wildman–Crippen LogP) is 2.16. The molecular weight excluding hydrogens is 221 g/mol. The lowest BCUT2D eigenvalue weighted by Gasteiger charge is -2.24. The molecule has 0 spiro atoms. The second-order valence-corrected chi connectivity index (χ2v) is 3.53. The lowest BCUT2D eigenvalue weighted by molar-refractivity contribution is 0.386. The Balaban J connectivity index is 3.06. The number of ether oxygens (including phenoxy) is 1. The number of hydrogen-bond donors (Lipinski definition) is 1. The molecule has 5 heteroatoms. The molecule has 0 bridgehead atoms. The summed E-state index contributed by atoms with van der Waals surface area (Å²) in [5, 5.41) is 8.58. The van der Waals surface area contributed by atoms with Crippen molar-refractivity contribution in [1.82, 2.24) is 0 Å². The van der Waals surface area contributed by atoms with Gasteiger partial charge in [-0.05, 0) is 6.92 Å². The fourth-order valence-corrected chi connectivity index (χ4v) is 1.62. The van der Waals surface area contributed by atoms with E-state index in [4.69, 9.17) is 15.7 Å². The van der Waals surface area contributed by atoms with E-state index in [1.165, 1.54) is 13.2 Å². The van der Waals surface area contributed by atoms with Crippen LogP contribution in [0.4, 0.5) is 15.8 Å². The molecule has 0 atom stereocenters. The Bertz CT molecular complexity index is 428. The van der Waals surface area contributed by atoms with Gasteiger partial charge in [0, 0.05) is 25.2 Å². The summed E-state index contributed by atoms with van der Waals surface area (Å²) >= 11 is 0. The van der Waals surface area contributed by atoms with Gasteiger partial charge in [0.15, 0.2) is 11.6 Å². The molecule has 0 heterocycles. The van der Waals surface area contributed by atoms with E-state index in [2.05, 4.69) is 6.07 Å². The molecular formula is C12H16FN3O. The standard InChI is InChI=1S/C12H16FN3O/c1-3-16(6-4-5-14)11-8-12(17-2)9(13)7-10(11)15/h7-8H,3-4,6,15H2,1-2H3. The van der Waals surface area contributed by atoms with Gasteiger partial charge in [0.25, 0.3) is 0 Å². The van der Waals surface area contributed by atoms with Gasteiger partial charge in [-0.15, -0.1) is 0 Å². The summed E-state index contributed by atoms with van der Waals surface area (Å²) in [4.78, 5) is 1.92. The van der Waals surface area contributed by atoms with Gasteiger partial charge >= 0.3 is 0 Å². The molecule has 0 fully saturated rings. The largest absolute Gasteiger partial charge is 0.494 e. The number of anilines is 2. The van der Waals surface area contributed by atoms with Crippen LogP contribution in [0.15, 0.2) is 12.1 Å². The first kappa shape index (κ1) is 13.1. The molecule has 0 unspecified atom stereocenters. The topological polar surface area (TPSA) is 62.3 Å². The van der Waals surface area contributed by atoms with Crippen molar-refractivity contribution in [2.45, 2.75) is 13.3 Å². The molecule has 17 heavy (non-hydrogen) atoms. The summed E-state index contributed by atoms with van der Waals surface area (Å²) in [6, 6.07) is 4.87. The lowest BCUT2D eigenvalue weighted by atomic mass is 10.2. The van der Waals surface area contributed by atoms with Gasteiger partial charge in [-0.2, -0.15) is 5.26 Å². The average Bonchev–Trinajstić information content (AvgIpc) is 2.32. The Hall–Kier alpha value is -1.96. The smallest absolute Gasteiger partial charge is 0.167 e. The molecule has 0 aliphatic carbocycles. The summed E-state index contributed by atoms with van der Waals surface area (Å²) in [7, 11) is 1.41. The zero-order valence-electron chi connectivity index (χ0n) is 10.0. The number of nitriles is 1. The normalized spacial score (nSPS) is 9.76. The lowest BCUT2D eigenvalue weighted by Crippen LogP contribution is -2.24. The van der Waals surface area contributed by atoms with Crippen molar-refractivity contribution in [2.24, 2.45) is 0 Å². The third kappa shape index (κ3) is 3.00. The zero-order valence-corrected chi connectivity index (χ0v) is 10.0. The minimum absolute atomic E-state index is 0.157. The van der Waals surface area contributed by atoms with Crippen LogP contribution in [0, 0.1) is 17.1 Å². The van der Waals surface area contributed by atoms with Gasteiger partial charge in [0.1, 0.15) is 0 Å². The summed E-state index contributed by atoms with van der Waals surface area (Å²) in [5.74, 6) is -0.324. The third-order valence-electron chi connectivity index (χ3n) is 2.52. The van der Waals surface area contributed by atoms with Crippen molar-refractivity contribution in [2.75, 3.05) is 30.8 Å². The second kappa shape index (κ2) is 5.94. The van der Waals surface area contributed by atoms with Crippen LogP contribution >= 0.6 is 0 Å². The average molecular weight is 237 g/mol. The number of benzene rings is 1. The van der Waals surface area contributed by atoms with Crippen LogP contribution in [0.25, 0.3) is 0 Å². The molecule has 0 aliphatic rings. The van der Waals surface area contributed by atoms with E-state index in [9.17, 15) is 4.39 Å². The van der Waals surface area contributed by atoms with Crippen LogP contribution in [0.2, 0.25) is 0 Å². The fourth-order valence-electron chi connectivity index (χ4n) is 1.62. The molecule has 1 rings (SSSR count). The van der Waals surface area contributed by atoms with Crippen LogP contribution in [-0.2, 0) is 0 Å². The summed E-state index contributed by atoms with van der Waals surface area (Å²) < 4.78 is 18.3. The number of rotatable bonds is 5. The molecule has 0 aromatic heterocycles. The molecule has 1 aromatic carbocycles.